The summed E-state index contributed by atoms with van der Waals surface area (Å²) in [5.41, 5.74) is 0. The number of amides is 2. The van der Waals surface area contributed by atoms with Crippen LogP contribution in [0.2, 0.25) is 0 Å². The molecule has 0 saturated heterocycles. The van der Waals surface area contributed by atoms with E-state index in [1.807, 2.05) is 32.8 Å². The zero-order chi connectivity index (χ0) is 15.0. The SMILES string of the molecule is CCC(C)C(NC(=O)N(C)CCCN(C)C)C(=O)O. The summed E-state index contributed by atoms with van der Waals surface area (Å²) < 4.78 is 0. The lowest BCUT2D eigenvalue weighted by atomic mass is 9.99. The van der Waals surface area contributed by atoms with Crippen molar-refractivity contribution in [1.82, 2.24) is 15.1 Å². The molecular formula is C13H27N3O3. The fourth-order valence-corrected chi connectivity index (χ4v) is 1.65. The second kappa shape index (κ2) is 8.74. The largest absolute Gasteiger partial charge is 0.480 e. The van der Waals surface area contributed by atoms with Crippen LogP contribution < -0.4 is 5.32 Å². The third kappa shape index (κ3) is 7.00. The van der Waals surface area contributed by atoms with E-state index in [-0.39, 0.29) is 11.9 Å². The number of hydrogen-bond donors (Lipinski definition) is 2. The van der Waals surface area contributed by atoms with Crippen LogP contribution in [0.1, 0.15) is 26.7 Å². The van der Waals surface area contributed by atoms with Gasteiger partial charge in [0.1, 0.15) is 6.04 Å². The summed E-state index contributed by atoms with van der Waals surface area (Å²) >= 11 is 0. The Hall–Kier alpha value is -1.30. The monoisotopic (exact) mass is 273 g/mol. The van der Waals surface area contributed by atoms with E-state index in [1.54, 1.807) is 7.05 Å². The smallest absolute Gasteiger partial charge is 0.326 e. The number of carboxylic acids is 1. The number of carbonyl (C=O) groups is 2. The van der Waals surface area contributed by atoms with Gasteiger partial charge in [-0.3, -0.25) is 0 Å². The third-order valence-corrected chi connectivity index (χ3v) is 3.20. The Morgan fingerprint density at radius 2 is 1.79 bits per heavy atom. The second-order valence-corrected chi connectivity index (χ2v) is 5.23. The topological polar surface area (TPSA) is 72.9 Å². The van der Waals surface area contributed by atoms with Crippen molar-refractivity contribution in [3.05, 3.63) is 0 Å². The Morgan fingerprint density at radius 1 is 1.21 bits per heavy atom. The first kappa shape index (κ1) is 17.7. The van der Waals surface area contributed by atoms with Crippen molar-refractivity contribution in [3.8, 4) is 0 Å². The highest BCUT2D eigenvalue weighted by Crippen LogP contribution is 2.08. The minimum Gasteiger partial charge on any atom is -0.480 e. The molecule has 0 aliphatic rings. The molecule has 0 aromatic rings. The molecule has 2 atom stereocenters. The predicted molar refractivity (Wildman–Crippen MR) is 75.2 cm³/mol. The minimum atomic E-state index is -0.982. The molecule has 19 heavy (non-hydrogen) atoms. The van der Waals surface area contributed by atoms with Crippen LogP contribution in [-0.4, -0.2) is 67.2 Å². The van der Waals surface area contributed by atoms with E-state index in [2.05, 4.69) is 5.32 Å². The van der Waals surface area contributed by atoms with Crippen LogP contribution >= 0.6 is 0 Å². The molecule has 0 fully saturated rings. The fourth-order valence-electron chi connectivity index (χ4n) is 1.65. The number of urea groups is 1. The maximum Gasteiger partial charge on any atom is 0.326 e. The van der Waals surface area contributed by atoms with Crippen LogP contribution in [0.25, 0.3) is 0 Å². The van der Waals surface area contributed by atoms with Crippen molar-refractivity contribution in [2.45, 2.75) is 32.7 Å². The summed E-state index contributed by atoms with van der Waals surface area (Å²) in [6, 6.07) is -1.15. The zero-order valence-corrected chi connectivity index (χ0v) is 12.6. The van der Waals surface area contributed by atoms with Gasteiger partial charge in [-0.2, -0.15) is 0 Å². The van der Waals surface area contributed by atoms with E-state index in [0.29, 0.717) is 13.0 Å². The van der Waals surface area contributed by atoms with Crippen LogP contribution in [0.5, 0.6) is 0 Å². The molecule has 0 radical (unpaired) electrons. The van der Waals surface area contributed by atoms with Crippen LogP contribution in [0.4, 0.5) is 4.79 Å². The highest BCUT2D eigenvalue weighted by molar-refractivity contribution is 5.82. The molecule has 0 aromatic carbocycles. The van der Waals surface area contributed by atoms with Gasteiger partial charge in [0.25, 0.3) is 0 Å². The summed E-state index contributed by atoms with van der Waals surface area (Å²) in [5, 5.41) is 11.7. The molecule has 0 spiro atoms. The molecule has 0 aliphatic carbocycles. The first-order valence-corrected chi connectivity index (χ1v) is 6.68. The number of carbonyl (C=O) groups excluding carboxylic acids is 1. The number of aliphatic carboxylic acids is 1. The van der Waals surface area contributed by atoms with Crippen molar-refractivity contribution >= 4 is 12.0 Å². The summed E-state index contributed by atoms with van der Waals surface area (Å²) in [7, 11) is 5.63. The molecule has 6 nitrogen and oxygen atoms in total. The Kier molecular flexibility index (Phi) is 8.14. The van der Waals surface area contributed by atoms with E-state index in [9.17, 15) is 9.59 Å². The summed E-state index contributed by atoms with van der Waals surface area (Å²) in [6.45, 7) is 5.24. The number of rotatable bonds is 8. The van der Waals surface area contributed by atoms with Gasteiger partial charge in [0.15, 0.2) is 0 Å². The Balaban J connectivity index is 4.28. The van der Waals surface area contributed by atoms with Gasteiger partial charge >= 0.3 is 12.0 Å². The molecule has 0 heterocycles. The van der Waals surface area contributed by atoms with Gasteiger partial charge in [-0.25, -0.2) is 9.59 Å². The number of carboxylic acid groups (broad SMARTS) is 1. The van der Waals surface area contributed by atoms with E-state index >= 15 is 0 Å². The van der Waals surface area contributed by atoms with E-state index in [4.69, 9.17) is 5.11 Å². The van der Waals surface area contributed by atoms with Gasteiger partial charge in [0, 0.05) is 13.6 Å². The van der Waals surface area contributed by atoms with Crippen molar-refractivity contribution in [3.63, 3.8) is 0 Å². The van der Waals surface area contributed by atoms with Crippen molar-refractivity contribution in [2.75, 3.05) is 34.2 Å². The highest BCUT2D eigenvalue weighted by Gasteiger charge is 2.26. The van der Waals surface area contributed by atoms with E-state index in [0.717, 1.165) is 13.0 Å². The molecule has 0 aliphatic heterocycles. The lowest BCUT2D eigenvalue weighted by molar-refractivity contribution is -0.140. The van der Waals surface area contributed by atoms with Gasteiger partial charge in [-0.1, -0.05) is 20.3 Å². The number of nitrogens with one attached hydrogen (secondary N) is 1. The zero-order valence-electron chi connectivity index (χ0n) is 12.6. The molecule has 2 unspecified atom stereocenters. The first-order chi connectivity index (χ1) is 8.79. The Bertz CT molecular complexity index is 295. The van der Waals surface area contributed by atoms with Crippen LogP contribution in [-0.2, 0) is 4.79 Å². The molecule has 2 amide bonds. The molecular weight excluding hydrogens is 246 g/mol. The molecule has 0 bridgehead atoms. The fraction of sp³-hybridized carbons (Fsp3) is 0.846. The lowest BCUT2D eigenvalue weighted by Crippen LogP contribution is -2.49. The van der Waals surface area contributed by atoms with Crippen LogP contribution in [0.3, 0.4) is 0 Å². The average molecular weight is 273 g/mol. The molecule has 6 heteroatoms. The first-order valence-electron chi connectivity index (χ1n) is 6.68. The second-order valence-electron chi connectivity index (χ2n) is 5.23. The van der Waals surface area contributed by atoms with Crippen molar-refractivity contribution < 1.29 is 14.7 Å². The number of hydrogen-bond acceptors (Lipinski definition) is 3. The molecule has 0 rings (SSSR count). The Labute approximate surface area is 115 Å². The van der Waals surface area contributed by atoms with E-state index in [1.165, 1.54) is 4.90 Å². The van der Waals surface area contributed by atoms with Gasteiger partial charge in [0.05, 0.1) is 0 Å². The standard InChI is InChI=1S/C13H27N3O3/c1-6-10(2)11(12(17)18)14-13(19)16(5)9-7-8-15(3)4/h10-11H,6-9H2,1-5H3,(H,14,19)(H,17,18). The average Bonchev–Trinajstić information content (AvgIpc) is 2.33. The van der Waals surface area contributed by atoms with Crippen LogP contribution in [0.15, 0.2) is 0 Å². The molecule has 112 valence electrons. The molecule has 2 N–H and O–H groups in total. The molecule has 0 saturated carbocycles. The maximum atomic E-state index is 11.9. The number of nitrogens with zero attached hydrogens (tertiary/aromatic N) is 2. The Morgan fingerprint density at radius 3 is 2.21 bits per heavy atom. The minimum absolute atomic E-state index is 0.0865. The predicted octanol–water partition coefficient (Wildman–Crippen LogP) is 1.08. The quantitative estimate of drug-likeness (QED) is 0.694. The summed E-state index contributed by atoms with van der Waals surface area (Å²) in [6.07, 6.45) is 1.57. The van der Waals surface area contributed by atoms with Gasteiger partial charge < -0.3 is 20.2 Å². The van der Waals surface area contributed by atoms with Gasteiger partial charge in [-0.15, -0.1) is 0 Å². The summed E-state index contributed by atoms with van der Waals surface area (Å²) in [5.74, 6) is -1.07. The van der Waals surface area contributed by atoms with Gasteiger partial charge in [0.2, 0.25) is 0 Å². The van der Waals surface area contributed by atoms with Crippen molar-refractivity contribution in [1.29, 1.82) is 0 Å². The normalized spacial score (nSPS) is 14.0. The van der Waals surface area contributed by atoms with E-state index < -0.39 is 12.0 Å². The molecule has 0 aromatic heterocycles. The van der Waals surface area contributed by atoms with Crippen LogP contribution in [0, 0.1) is 5.92 Å². The highest BCUT2D eigenvalue weighted by atomic mass is 16.4. The lowest BCUT2D eigenvalue weighted by Gasteiger charge is -2.24. The summed E-state index contributed by atoms with van der Waals surface area (Å²) in [4.78, 5) is 26.6. The van der Waals surface area contributed by atoms with Gasteiger partial charge in [-0.05, 0) is 33.0 Å². The maximum absolute atomic E-state index is 11.9. The van der Waals surface area contributed by atoms with Crippen molar-refractivity contribution in [2.24, 2.45) is 5.92 Å². The third-order valence-electron chi connectivity index (χ3n) is 3.20.